The lowest BCUT2D eigenvalue weighted by atomic mass is 9.63. The Bertz CT molecular complexity index is 1690. The van der Waals surface area contributed by atoms with Crippen molar-refractivity contribution in [3.05, 3.63) is 131 Å². The van der Waals surface area contributed by atoms with Crippen molar-refractivity contribution in [2.75, 3.05) is 0 Å². The molecule has 3 unspecified atom stereocenters. The first kappa shape index (κ1) is 23.6. The van der Waals surface area contributed by atoms with Gasteiger partial charge in [0.2, 0.25) is 5.60 Å². The molecule has 0 aliphatic carbocycles. The van der Waals surface area contributed by atoms with Crippen LogP contribution in [0.2, 0.25) is 0 Å². The zero-order valence-electron chi connectivity index (χ0n) is 19.9. The summed E-state index contributed by atoms with van der Waals surface area (Å²) in [7, 11) is -8.61. The molecule has 0 amide bonds. The average Bonchev–Trinajstić information content (AvgIpc) is 3.22. The summed E-state index contributed by atoms with van der Waals surface area (Å²) in [5.41, 5.74) is -2.39. The Morgan fingerprint density at radius 2 is 1.13 bits per heavy atom. The maximum atomic E-state index is 13.7. The Hall–Kier alpha value is -3.30. The number of hydrogen-bond acceptors (Lipinski definition) is 10. The fourth-order valence-electron chi connectivity index (χ4n) is 5.72. The van der Waals surface area contributed by atoms with Gasteiger partial charge in [0.15, 0.2) is 17.1 Å². The van der Waals surface area contributed by atoms with Crippen LogP contribution in [-0.4, -0.2) is 0 Å². The van der Waals surface area contributed by atoms with Gasteiger partial charge in [0.25, 0.3) is 5.79 Å². The van der Waals surface area contributed by atoms with E-state index in [9.17, 15) is 9.13 Å². The Morgan fingerprint density at radius 3 is 1.79 bits per heavy atom. The summed E-state index contributed by atoms with van der Waals surface area (Å²) in [4.78, 5) is 12.6. The van der Waals surface area contributed by atoms with Crippen molar-refractivity contribution in [1.82, 2.24) is 0 Å². The Kier molecular flexibility index (Phi) is 4.77. The Labute approximate surface area is 222 Å². The van der Waals surface area contributed by atoms with E-state index in [1.165, 1.54) is 0 Å². The zero-order valence-corrected chi connectivity index (χ0v) is 21.7. The SMILES string of the molecule is O=P12OOC3(c4ccccc4)C4(c5ccccc5)OP(=O)(OOC3(c3ccccc3)c3cccc(c3O1)O2)O4. The molecule has 0 saturated carbocycles. The molecule has 5 aliphatic rings. The number of phosphoric acid groups is 2. The van der Waals surface area contributed by atoms with Crippen LogP contribution in [0.25, 0.3) is 0 Å². The quantitative estimate of drug-likeness (QED) is 0.199. The van der Waals surface area contributed by atoms with E-state index in [-0.39, 0.29) is 11.5 Å². The van der Waals surface area contributed by atoms with Crippen molar-refractivity contribution >= 4 is 15.6 Å². The molecule has 9 rings (SSSR count). The number of fused-ring (bicyclic) bond motifs is 2. The summed E-state index contributed by atoms with van der Waals surface area (Å²) in [5.74, 6) is -1.78. The molecule has 5 aliphatic heterocycles. The van der Waals surface area contributed by atoms with E-state index in [0.29, 0.717) is 22.3 Å². The molecule has 4 bridgehead atoms. The summed E-state index contributed by atoms with van der Waals surface area (Å²) >= 11 is 0. The molecular weight excluding hydrogens is 546 g/mol. The van der Waals surface area contributed by atoms with Crippen molar-refractivity contribution in [2.24, 2.45) is 0 Å². The van der Waals surface area contributed by atoms with Gasteiger partial charge in [0, 0.05) is 11.1 Å². The minimum Gasteiger partial charge on any atom is -0.390 e. The lowest BCUT2D eigenvalue weighted by Gasteiger charge is -2.56. The lowest BCUT2D eigenvalue weighted by molar-refractivity contribution is -0.448. The molecule has 4 aromatic carbocycles. The van der Waals surface area contributed by atoms with Crippen LogP contribution in [0, 0.1) is 0 Å². The van der Waals surface area contributed by atoms with Gasteiger partial charge in [-0.2, -0.15) is 0 Å². The van der Waals surface area contributed by atoms with Gasteiger partial charge in [0.1, 0.15) is 0 Å². The van der Waals surface area contributed by atoms with Crippen molar-refractivity contribution < 1.29 is 46.3 Å². The van der Waals surface area contributed by atoms with Crippen molar-refractivity contribution in [3.8, 4) is 11.5 Å². The zero-order chi connectivity index (χ0) is 26.3. The average molecular weight is 564 g/mol. The lowest BCUT2D eigenvalue weighted by Crippen LogP contribution is -2.66. The van der Waals surface area contributed by atoms with E-state index in [1.54, 1.807) is 91.0 Å². The highest BCUT2D eigenvalue weighted by molar-refractivity contribution is 7.49. The van der Waals surface area contributed by atoms with E-state index < -0.39 is 32.6 Å². The molecule has 4 aromatic rings. The molecule has 0 aromatic heterocycles. The first-order valence-corrected chi connectivity index (χ1v) is 14.9. The van der Waals surface area contributed by atoms with Crippen LogP contribution in [0.1, 0.15) is 22.3 Å². The van der Waals surface area contributed by atoms with E-state index >= 15 is 0 Å². The topological polar surface area (TPSA) is 108 Å². The van der Waals surface area contributed by atoms with Gasteiger partial charge in [-0.15, -0.1) is 9.35 Å². The maximum Gasteiger partial charge on any atom is 0.616 e. The second-order valence-corrected chi connectivity index (χ2v) is 12.1. The fourth-order valence-corrected chi connectivity index (χ4v) is 8.20. The second kappa shape index (κ2) is 7.88. The van der Waals surface area contributed by atoms with Gasteiger partial charge < -0.3 is 9.05 Å². The molecule has 3 fully saturated rings. The van der Waals surface area contributed by atoms with E-state index in [1.807, 2.05) is 18.2 Å². The molecule has 0 radical (unpaired) electrons. The highest BCUT2D eigenvalue weighted by Gasteiger charge is 2.84. The first-order valence-electron chi connectivity index (χ1n) is 12.0. The van der Waals surface area contributed by atoms with Crippen LogP contribution in [0.15, 0.2) is 109 Å². The van der Waals surface area contributed by atoms with Crippen LogP contribution >= 0.6 is 15.6 Å². The minimum atomic E-state index is -4.34. The number of hydrogen-bond donors (Lipinski definition) is 0. The smallest absolute Gasteiger partial charge is 0.390 e. The van der Waals surface area contributed by atoms with E-state index in [4.69, 9.17) is 37.2 Å². The summed E-state index contributed by atoms with van der Waals surface area (Å²) in [6.45, 7) is 0. The van der Waals surface area contributed by atoms with Gasteiger partial charge in [-0.05, 0) is 17.2 Å². The predicted molar refractivity (Wildman–Crippen MR) is 133 cm³/mol. The largest absolute Gasteiger partial charge is 0.616 e. The van der Waals surface area contributed by atoms with Gasteiger partial charge in [0.05, 0.1) is 0 Å². The summed E-state index contributed by atoms with van der Waals surface area (Å²) in [5, 5.41) is 0. The predicted octanol–water partition coefficient (Wildman–Crippen LogP) is 6.64. The molecule has 196 valence electrons. The molecule has 0 spiro atoms. The Morgan fingerprint density at radius 1 is 0.538 bits per heavy atom. The van der Waals surface area contributed by atoms with Gasteiger partial charge in [-0.25, -0.2) is 28.0 Å². The van der Waals surface area contributed by atoms with Gasteiger partial charge in [-0.1, -0.05) is 103 Å². The van der Waals surface area contributed by atoms with Crippen molar-refractivity contribution in [3.63, 3.8) is 0 Å². The van der Waals surface area contributed by atoms with Gasteiger partial charge >= 0.3 is 15.6 Å². The van der Waals surface area contributed by atoms with Crippen LogP contribution in [0.5, 0.6) is 11.5 Å². The summed E-state index contributed by atoms with van der Waals surface area (Å²) < 4.78 is 62.0. The summed E-state index contributed by atoms with van der Waals surface area (Å²) in [6.07, 6.45) is 0. The van der Waals surface area contributed by atoms with Crippen LogP contribution < -0.4 is 9.05 Å². The van der Waals surface area contributed by atoms with Crippen LogP contribution in [0.4, 0.5) is 0 Å². The number of benzene rings is 4. The second-order valence-electron chi connectivity index (χ2n) is 9.29. The highest BCUT2D eigenvalue weighted by Crippen LogP contribution is 2.82. The monoisotopic (exact) mass is 564 g/mol. The molecular formula is C27H18O10P2. The normalized spacial score (nSPS) is 35.7. The third-order valence-electron chi connectivity index (χ3n) is 7.23. The highest BCUT2D eigenvalue weighted by atomic mass is 31.2. The van der Waals surface area contributed by atoms with Crippen LogP contribution in [-0.2, 0) is 54.3 Å². The first-order chi connectivity index (χ1) is 18.9. The molecule has 0 N–H and O–H groups in total. The van der Waals surface area contributed by atoms with Gasteiger partial charge in [-0.3, -0.25) is 0 Å². The standard InChI is InChI=1S/C27H18O10P2/c28-38-30-23-18-10-17-22(24(23)31-38)25(19-11-4-1-5-12-19)26(33-37-38,20-13-6-2-7-14-20)27(21-15-8-3-9-16-21)34-39(29,35-27)36-32-25/h1-18H. The third-order valence-corrected chi connectivity index (χ3v) is 9.54. The van der Waals surface area contributed by atoms with E-state index in [2.05, 4.69) is 0 Å². The third kappa shape index (κ3) is 2.92. The van der Waals surface area contributed by atoms with Crippen molar-refractivity contribution in [1.29, 1.82) is 0 Å². The number of phosphoric ester groups is 2. The van der Waals surface area contributed by atoms with E-state index in [0.717, 1.165) is 0 Å². The maximum absolute atomic E-state index is 13.7. The Balaban J connectivity index is 1.59. The molecule has 39 heavy (non-hydrogen) atoms. The molecule has 10 nitrogen and oxygen atoms in total. The number of para-hydroxylation sites is 1. The molecule has 12 heteroatoms. The molecule has 3 saturated heterocycles. The fraction of sp³-hybridized carbons (Fsp3) is 0.111. The van der Waals surface area contributed by atoms with Crippen molar-refractivity contribution in [2.45, 2.75) is 17.0 Å². The van der Waals surface area contributed by atoms with Crippen LogP contribution in [0.3, 0.4) is 0 Å². The molecule has 5 heterocycles. The molecule has 3 atom stereocenters. The number of rotatable bonds is 3. The summed E-state index contributed by atoms with van der Waals surface area (Å²) in [6, 6.07) is 31.5. The minimum absolute atomic E-state index is 0.0810.